The highest BCUT2D eigenvalue weighted by Gasteiger charge is 2.27. The highest BCUT2D eigenvalue weighted by atomic mass is 19.1. The zero-order chi connectivity index (χ0) is 24.2. The molecule has 0 saturated carbocycles. The number of fused-ring (bicyclic) bond motifs is 1. The predicted octanol–water partition coefficient (Wildman–Crippen LogP) is 3.01. The van der Waals surface area contributed by atoms with Crippen molar-refractivity contribution in [2.45, 2.75) is 45.0 Å². The summed E-state index contributed by atoms with van der Waals surface area (Å²) in [5, 5.41) is 21.8. The fourth-order valence-corrected chi connectivity index (χ4v) is 2.89. The predicted molar refractivity (Wildman–Crippen MR) is 118 cm³/mol. The van der Waals surface area contributed by atoms with E-state index in [0.717, 1.165) is 6.20 Å². The van der Waals surface area contributed by atoms with Gasteiger partial charge in [0.05, 0.1) is 42.5 Å². The van der Waals surface area contributed by atoms with Crippen molar-refractivity contribution in [1.29, 1.82) is 0 Å². The lowest BCUT2D eigenvalue weighted by atomic mass is 10.0. The summed E-state index contributed by atoms with van der Waals surface area (Å²) >= 11 is 0. The molecule has 0 spiro atoms. The number of amides is 1. The van der Waals surface area contributed by atoms with Crippen LogP contribution in [-0.2, 0) is 0 Å². The van der Waals surface area contributed by atoms with Crippen molar-refractivity contribution >= 4 is 28.9 Å². The van der Waals surface area contributed by atoms with E-state index in [1.165, 1.54) is 36.8 Å². The number of carbonyl (C=O) groups excluding carboxylic acids is 1. The standard InChI is InChI=1S/C21H26F3N7O2/c1-12(4-6-22)28-15-8-17(29-19-14(23)11-31-18(30-19)5-7-27-31)25-9-13(15)20(32)26-10-16(24)21(2,3)33/h5,7-9,11-12,16,33H,4,6,10H2,1-3H3,(H,26,32)(H2,25,28,29,30)/t12?,16-/m1/s1. The molecule has 3 aromatic heterocycles. The van der Waals surface area contributed by atoms with Crippen LogP contribution in [0.25, 0.3) is 5.65 Å². The van der Waals surface area contributed by atoms with Gasteiger partial charge in [-0.15, -0.1) is 0 Å². The van der Waals surface area contributed by atoms with Crippen molar-refractivity contribution in [3.8, 4) is 0 Å². The number of aromatic nitrogens is 4. The van der Waals surface area contributed by atoms with Gasteiger partial charge < -0.3 is 21.1 Å². The largest absolute Gasteiger partial charge is 0.387 e. The second-order valence-corrected chi connectivity index (χ2v) is 8.17. The minimum Gasteiger partial charge on any atom is -0.387 e. The Morgan fingerprint density at radius 2 is 2.12 bits per heavy atom. The van der Waals surface area contributed by atoms with Gasteiger partial charge >= 0.3 is 0 Å². The maximum atomic E-state index is 14.4. The molecule has 0 radical (unpaired) electrons. The second-order valence-electron chi connectivity index (χ2n) is 8.17. The van der Waals surface area contributed by atoms with Crippen molar-refractivity contribution in [3.05, 3.63) is 42.1 Å². The highest BCUT2D eigenvalue weighted by molar-refractivity contribution is 5.99. The van der Waals surface area contributed by atoms with Crippen LogP contribution in [0.1, 0.15) is 37.6 Å². The molecule has 2 atom stereocenters. The van der Waals surface area contributed by atoms with Crippen molar-refractivity contribution in [2.24, 2.45) is 0 Å². The molecule has 4 N–H and O–H groups in total. The van der Waals surface area contributed by atoms with Crippen molar-refractivity contribution < 1.29 is 23.1 Å². The van der Waals surface area contributed by atoms with Gasteiger partial charge in [-0.3, -0.25) is 9.18 Å². The number of nitrogens with zero attached hydrogens (tertiary/aromatic N) is 4. The average molecular weight is 465 g/mol. The lowest BCUT2D eigenvalue weighted by Gasteiger charge is -2.23. The van der Waals surface area contributed by atoms with Crippen molar-refractivity contribution in [3.63, 3.8) is 0 Å². The van der Waals surface area contributed by atoms with Crippen LogP contribution < -0.4 is 16.0 Å². The molecule has 0 fully saturated rings. The van der Waals surface area contributed by atoms with Crippen LogP contribution in [0.15, 0.2) is 30.7 Å². The molecule has 0 aliphatic rings. The molecule has 3 rings (SSSR count). The number of hydrogen-bond donors (Lipinski definition) is 4. The molecule has 0 bridgehead atoms. The van der Waals surface area contributed by atoms with E-state index in [1.807, 2.05) is 0 Å². The van der Waals surface area contributed by atoms with Gasteiger partial charge in [0.2, 0.25) is 0 Å². The summed E-state index contributed by atoms with van der Waals surface area (Å²) in [5.41, 5.74) is -0.842. The molecule has 0 saturated heterocycles. The Balaban J connectivity index is 1.85. The molecule has 3 heterocycles. The monoisotopic (exact) mass is 465 g/mol. The Hall–Kier alpha value is -3.41. The highest BCUT2D eigenvalue weighted by Crippen LogP contribution is 2.24. The van der Waals surface area contributed by atoms with Gasteiger partial charge in [0.15, 0.2) is 17.3 Å². The molecule has 9 nitrogen and oxygen atoms in total. The van der Waals surface area contributed by atoms with E-state index in [9.17, 15) is 23.1 Å². The molecule has 0 aliphatic carbocycles. The molecular weight excluding hydrogens is 439 g/mol. The van der Waals surface area contributed by atoms with Crippen LogP contribution in [0.5, 0.6) is 0 Å². The molecule has 0 aromatic carbocycles. The number of hydrogen-bond acceptors (Lipinski definition) is 7. The lowest BCUT2D eigenvalue weighted by molar-refractivity contribution is -0.00177. The van der Waals surface area contributed by atoms with Crippen LogP contribution >= 0.6 is 0 Å². The maximum Gasteiger partial charge on any atom is 0.255 e. The minimum absolute atomic E-state index is 0.0777. The third kappa shape index (κ3) is 6.09. The summed E-state index contributed by atoms with van der Waals surface area (Å²) in [6.07, 6.45) is 2.36. The fraction of sp³-hybridized carbons (Fsp3) is 0.429. The van der Waals surface area contributed by atoms with E-state index in [4.69, 9.17) is 0 Å². The molecular formula is C21H26F3N7O2. The van der Waals surface area contributed by atoms with Crippen LogP contribution in [0.3, 0.4) is 0 Å². The Labute approximate surface area is 188 Å². The number of rotatable bonds is 10. The summed E-state index contributed by atoms with van der Waals surface area (Å²) < 4.78 is 42.5. The number of nitrogens with one attached hydrogen (secondary N) is 3. The number of halogens is 3. The van der Waals surface area contributed by atoms with Gasteiger partial charge in [-0.1, -0.05) is 0 Å². The first-order chi connectivity index (χ1) is 15.6. The van der Waals surface area contributed by atoms with Gasteiger partial charge in [0.1, 0.15) is 12.0 Å². The van der Waals surface area contributed by atoms with Gasteiger partial charge in [-0.2, -0.15) is 5.10 Å². The zero-order valence-electron chi connectivity index (χ0n) is 18.4. The second kappa shape index (κ2) is 10.0. The summed E-state index contributed by atoms with van der Waals surface area (Å²) in [6, 6.07) is 2.72. The van der Waals surface area contributed by atoms with E-state index in [1.54, 1.807) is 13.0 Å². The molecule has 1 unspecified atom stereocenters. The quantitative estimate of drug-likeness (QED) is 0.364. The fourth-order valence-electron chi connectivity index (χ4n) is 2.89. The Morgan fingerprint density at radius 1 is 1.36 bits per heavy atom. The van der Waals surface area contributed by atoms with E-state index in [0.29, 0.717) is 5.65 Å². The number of carbonyl (C=O) groups is 1. The molecule has 1 amide bonds. The summed E-state index contributed by atoms with van der Waals surface area (Å²) in [7, 11) is 0. The Bertz CT molecular complexity index is 1120. The summed E-state index contributed by atoms with van der Waals surface area (Å²) in [6.45, 7) is 3.34. The minimum atomic E-state index is -1.69. The smallest absolute Gasteiger partial charge is 0.255 e. The number of aliphatic hydroxyl groups is 1. The van der Waals surface area contributed by atoms with Crippen LogP contribution in [0, 0.1) is 5.82 Å². The first-order valence-corrected chi connectivity index (χ1v) is 10.3. The van der Waals surface area contributed by atoms with Gasteiger partial charge in [-0.25, -0.2) is 23.3 Å². The third-order valence-corrected chi connectivity index (χ3v) is 4.89. The van der Waals surface area contributed by atoms with Gasteiger partial charge in [0, 0.05) is 24.4 Å². The Kier molecular flexibility index (Phi) is 7.36. The molecule has 3 aromatic rings. The average Bonchev–Trinajstić information content (AvgIpc) is 3.18. The topological polar surface area (TPSA) is 116 Å². The van der Waals surface area contributed by atoms with E-state index in [-0.39, 0.29) is 35.3 Å². The van der Waals surface area contributed by atoms with Gasteiger partial charge in [-0.05, 0) is 27.2 Å². The molecule has 33 heavy (non-hydrogen) atoms. The summed E-state index contributed by atoms with van der Waals surface area (Å²) in [4.78, 5) is 20.9. The van der Waals surface area contributed by atoms with E-state index >= 15 is 0 Å². The van der Waals surface area contributed by atoms with Crippen molar-refractivity contribution in [2.75, 3.05) is 23.9 Å². The number of alkyl halides is 2. The lowest BCUT2D eigenvalue weighted by Crippen LogP contribution is -2.42. The maximum absolute atomic E-state index is 14.4. The van der Waals surface area contributed by atoms with E-state index < -0.39 is 36.7 Å². The van der Waals surface area contributed by atoms with Crippen LogP contribution in [-0.4, -0.2) is 61.6 Å². The SMILES string of the molecule is CC(CCF)Nc1cc(Nc2nc3ccnn3cc2F)ncc1C(=O)NC[C@@H](F)C(C)(C)O. The van der Waals surface area contributed by atoms with Gasteiger partial charge in [0.25, 0.3) is 5.91 Å². The first kappa shape index (κ1) is 24.2. The Morgan fingerprint density at radius 3 is 2.82 bits per heavy atom. The number of anilines is 3. The summed E-state index contributed by atoms with van der Waals surface area (Å²) in [5.74, 6) is -1.23. The first-order valence-electron chi connectivity index (χ1n) is 10.3. The number of pyridine rings is 1. The molecule has 178 valence electrons. The van der Waals surface area contributed by atoms with E-state index in [2.05, 4.69) is 31.0 Å². The normalized spacial score (nSPS) is 13.5. The van der Waals surface area contributed by atoms with Crippen LogP contribution in [0.4, 0.5) is 30.5 Å². The van der Waals surface area contributed by atoms with Crippen molar-refractivity contribution in [1.82, 2.24) is 24.9 Å². The van der Waals surface area contributed by atoms with Crippen LogP contribution in [0.2, 0.25) is 0 Å². The third-order valence-electron chi connectivity index (χ3n) is 4.89. The molecule has 12 heteroatoms. The molecule has 0 aliphatic heterocycles. The zero-order valence-corrected chi connectivity index (χ0v) is 18.4.